The van der Waals surface area contributed by atoms with E-state index in [0.29, 0.717) is 18.2 Å². The van der Waals surface area contributed by atoms with Crippen molar-refractivity contribution in [1.29, 1.82) is 0 Å². The van der Waals surface area contributed by atoms with Crippen LogP contribution in [0.3, 0.4) is 0 Å². The molecule has 0 spiro atoms. The van der Waals surface area contributed by atoms with E-state index in [2.05, 4.69) is 24.0 Å². The molecule has 2 aromatic rings. The molecule has 0 aliphatic carbocycles. The Bertz CT molecular complexity index is 710. The van der Waals surface area contributed by atoms with Gasteiger partial charge in [-0.1, -0.05) is 6.92 Å². The van der Waals surface area contributed by atoms with E-state index in [9.17, 15) is 8.78 Å². The summed E-state index contributed by atoms with van der Waals surface area (Å²) >= 11 is 0. The van der Waals surface area contributed by atoms with E-state index >= 15 is 0 Å². The highest BCUT2D eigenvalue weighted by molar-refractivity contribution is 5.28. The van der Waals surface area contributed by atoms with Gasteiger partial charge in [0, 0.05) is 17.8 Å². The van der Waals surface area contributed by atoms with Crippen molar-refractivity contribution in [2.24, 2.45) is 0 Å². The molecule has 0 saturated heterocycles. The van der Waals surface area contributed by atoms with E-state index in [0.717, 1.165) is 11.3 Å². The van der Waals surface area contributed by atoms with E-state index in [-0.39, 0.29) is 11.5 Å². The zero-order valence-corrected chi connectivity index (χ0v) is 15.6. The normalized spacial score (nSPS) is 13.3. The zero-order chi connectivity index (χ0) is 18.8. The fourth-order valence-electron chi connectivity index (χ4n) is 3.15. The van der Waals surface area contributed by atoms with Gasteiger partial charge >= 0.3 is 0 Å². The van der Waals surface area contributed by atoms with Gasteiger partial charge in [0.05, 0.1) is 25.5 Å². The summed E-state index contributed by atoms with van der Waals surface area (Å²) in [7, 11) is 3.11. The van der Waals surface area contributed by atoms with Gasteiger partial charge in [-0.2, -0.15) is 5.10 Å². The molecule has 6 nitrogen and oxygen atoms in total. The lowest BCUT2D eigenvalue weighted by molar-refractivity contribution is 0.121. The van der Waals surface area contributed by atoms with Crippen molar-refractivity contribution in [2.45, 2.75) is 58.5 Å². The van der Waals surface area contributed by atoms with Crippen molar-refractivity contribution in [3.8, 4) is 11.8 Å². The third kappa shape index (κ3) is 4.29. The first-order valence-corrected chi connectivity index (χ1v) is 8.18. The molecule has 2 rings (SSSR count). The first-order chi connectivity index (χ1) is 11.7. The Labute approximate surface area is 146 Å². The number of ether oxygens (including phenoxy) is 2. The fraction of sp³-hybridized carbons (Fsp3) is 0.647. The maximum absolute atomic E-state index is 12.6. The average molecular weight is 356 g/mol. The second-order valence-corrected chi connectivity index (χ2v) is 6.86. The van der Waals surface area contributed by atoms with E-state index in [4.69, 9.17) is 9.47 Å². The first kappa shape index (κ1) is 19.2. The zero-order valence-electron chi connectivity index (χ0n) is 15.6. The van der Waals surface area contributed by atoms with Crippen LogP contribution in [0.15, 0.2) is 12.3 Å². The second kappa shape index (κ2) is 7.41. The third-order valence-corrected chi connectivity index (χ3v) is 4.19. The summed E-state index contributed by atoms with van der Waals surface area (Å²) in [6.07, 6.45) is -0.112. The number of methoxy groups -OCH3 is 2. The summed E-state index contributed by atoms with van der Waals surface area (Å²) in [4.78, 5) is 0. The molecule has 0 aliphatic rings. The summed E-state index contributed by atoms with van der Waals surface area (Å²) in [5, 5.41) is 8.63. The highest BCUT2D eigenvalue weighted by Gasteiger charge is 2.30. The van der Waals surface area contributed by atoms with Crippen molar-refractivity contribution in [1.82, 2.24) is 19.6 Å². The van der Waals surface area contributed by atoms with Crippen LogP contribution in [-0.2, 0) is 12.1 Å². The van der Waals surface area contributed by atoms with Crippen LogP contribution < -0.4 is 9.47 Å². The highest BCUT2D eigenvalue weighted by Crippen LogP contribution is 2.36. The standard InChI is InChI=1S/C17H26F2N4O2/c1-11(13-9-22(10-14(18)19)21-16(13)25-6)8-17(3,4)23-15(24-5)7-12(2)20-23/h7,9,11,14H,8,10H2,1-6H3. The predicted molar refractivity (Wildman–Crippen MR) is 90.7 cm³/mol. The van der Waals surface area contributed by atoms with Crippen LogP contribution in [0.2, 0.25) is 0 Å². The Hall–Kier alpha value is -2.12. The Kier molecular flexibility index (Phi) is 5.69. The summed E-state index contributed by atoms with van der Waals surface area (Å²) in [6, 6.07) is 1.88. The number of aromatic nitrogens is 4. The molecule has 0 aliphatic heterocycles. The van der Waals surface area contributed by atoms with Gasteiger partial charge in [-0.05, 0) is 33.1 Å². The maximum atomic E-state index is 12.6. The van der Waals surface area contributed by atoms with Crippen LogP contribution in [0.25, 0.3) is 0 Å². The van der Waals surface area contributed by atoms with Crippen molar-refractivity contribution in [2.75, 3.05) is 14.2 Å². The van der Waals surface area contributed by atoms with Crippen molar-refractivity contribution < 1.29 is 18.3 Å². The van der Waals surface area contributed by atoms with Gasteiger partial charge in [0.15, 0.2) is 0 Å². The lowest BCUT2D eigenvalue weighted by Crippen LogP contribution is -2.29. The van der Waals surface area contributed by atoms with Gasteiger partial charge in [-0.15, -0.1) is 5.10 Å². The lowest BCUT2D eigenvalue weighted by atomic mass is 9.88. The molecule has 0 amide bonds. The summed E-state index contributed by atoms with van der Waals surface area (Å²) in [5.41, 5.74) is 1.34. The molecule has 1 atom stereocenters. The third-order valence-electron chi connectivity index (χ3n) is 4.19. The van der Waals surface area contributed by atoms with Crippen LogP contribution in [0, 0.1) is 6.92 Å². The number of alkyl halides is 2. The maximum Gasteiger partial charge on any atom is 0.257 e. The van der Waals surface area contributed by atoms with Crippen LogP contribution in [0.5, 0.6) is 11.8 Å². The van der Waals surface area contributed by atoms with Crippen molar-refractivity contribution in [3.63, 3.8) is 0 Å². The average Bonchev–Trinajstić information content (AvgIpc) is 3.09. The molecular formula is C17H26F2N4O2. The SMILES string of the molecule is COc1nn(CC(F)F)cc1C(C)CC(C)(C)n1nc(C)cc1OC. The van der Waals surface area contributed by atoms with Gasteiger partial charge in [-0.25, -0.2) is 13.5 Å². The first-order valence-electron chi connectivity index (χ1n) is 8.18. The molecule has 0 aromatic carbocycles. The molecule has 0 bridgehead atoms. The minimum absolute atomic E-state index is 0.0329. The number of halogens is 2. The molecule has 25 heavy (non-hydrogen) atoms. The minimum Gasteiger partial charge on any atom is -0.481 e. The quantitative estimate of drug-likeness (QED) is 0.725. The smallest absolute Gasteiger partial charge is 0.257 e. The van der Waals surface area contributed by atoms with Gasteiger partial charge in [-0.3, -0.25) is 4.68 Å². The molecule has 8 heteroatoms. The summed E-state index contributed by atoms with van der Waals surface area (Å²) in [6.45, 7) is 7.62. The van der Waals surface area contributed by atoms with Crippen LogP contribution in [0.1, 0.15) is 44.4 Å². The van der Waals surface area contributed by atoms with Crippen molar-refractivity contribution in [3.05, 3.63) is 23.5 Å². The number of rotatable bonds is 8. The van der Waals surface area contributed by atoms with Gasteiger partial charge < -0.3 is 9.47 Å². The minimum atomic E-state index is -2.46. The molecule has 1 unspecified atom stereocenters. The van der Waals surface area contributed by atoms with E-state index in [1.807, 2.05) is 24.6 Å². The molecule has 140 valence electrons. The summed E-state index contributed by atoms with van der Waals surface area (Å²) in [5.74, 6) is 1.10. The predicted octanol–water partition coefficient (Wildman–Crippen LogP) is 3.60. The molecule has 0 saturated carbocycles. The highest BCUT2D eigenvalue weighted by atomic mass is 19.3. The van der Waals surface area contributed by atoms with Crippen LogP contribution >= 0.6 is 0 Å². The molecule has 0 radical (unpaired) electrons. The van der Waals surface area contributed by atoms with Gasteiger partial charge in [0.2, 0.25) is 11.8 Å². The lowest BCUT2D eigenvalue weighted by Gasteiger charge is -2.29. The van der Waals surface area contributed by atoms with E-state index in [1.165, 1.54) is 11.8 Å². The number of hydrogen-bond donors (Lipinski definition) is 0. The Morgan fingerprint density at radius 2 is 1.88 bits per heavy atom. The monoisotopic (exact) mass is 356 g/mol. The Balaban J connectivity index is 2.25. The fourth-order valence-corrected chi connectivity index (χ4v) is 3.15. The van der Waals surface area contributed by atoms with E-state index in [1.54, 1.807) is 13.3 Å². The topological polar surface area (TPSA) is 54.1 Å². The van der Waals surface area contributed by atoms with Crippen LogP contribution in [0.4, 0.5) is 8.78 Å². The molecule has 2 aromatic heterocycles. The molecular weight excluding hydrogens is 330 g/mol. The Morgan fingerprint density at radius 3 is 2.44 bits per heavy atom. The molecule has 2 heterocycles. The number of hydrogen-bond acceptors (Lipinski definition) is 4. The van der Waals surface area contributed by atoms with Gasteiger partial charge in [0.25, 0.3) is 6.43 Å². The second-order valence-electron chi connectivity index (χ2n) is 6.86. The number of aryl methyl sites for hydroxylation is 1. The number of nitrogens with zero attached hydrogens (tertiary/aromatic N) is 4. The summed E-state index contributed by atoms with van der Waals surface area (Å²) < 4.78 is 39.0. The van der Waals surface area contributed by atoms with Crippen LogP contribution in [-0.4, -0.2) is 40.2 Å². The molecule has 0 N–H and O–H groups in total. The largest absolute Gasteiger partial charge is 0.481 e. The van der Waals surface area contributed by atoms with Crippen molar-refractivity contribution >= 4 is 0 Å². The van der Waals surface area contributed by atoms with Gasteiger partial charge in [0.1, 0.15) is 6.54 Å². The Morgan fingerprint density at radius 1 is 1.20 bits per heavy atom. The molecule has 0 fully saturated rings. The van der Waals surface area contributed by atoms with E-state index < -0.39 is 13.0 Å².